The summed E-state index contributed by atoms with van der Waals surface area (Å²) in [5.41, 5.74) is 1.44. The van der Waals surface area contributed by atoms with Gasteiger partial charge in [-0.05, 0) is 56.5 Å². The van der Waals surface area contributed by atoms with Gasteiger partial charge < -0.3 is 14.6 Å². The zero-order valence-corrected chi connectivity index (χ0v) is 13.8. The Kier molecular flexibility index (Phi) is 3.74. The highest BCUT2D eigenvalue weighted by Gasteiger charge is 2.24. The van der Waals surface area contributed by atoms with Crippen LogP contribution in [0, 0.1) is 0 Å². The fourth-order valence-electron chi connectivity index (χ4n) is 2.20. The van der Waals surface area contributed by atoms with Gasteiger partial charge in [-0.1, -0.05) is 0 Å². The van der Waals surface area contributed by atoms with Gasteiger partial charge in [0.05, 0.1) is 20.8 Å². The number of hydrogen-bond acceptors (Lipinski definition) is 4. The van der Waals surface area contributed by atoms with Crippen molar-refractivity contribution in [1.29, 1.82) is 0 Å². The first-order valence-electron chi connectivity index (χ1n) is 6.10. The molecule has 1 unspecified atom stereocenters. The lowest BCUT2D eigenvalue weighted by Gasteiger charge is -2.15. The van der Waals surface area contributed by atoms with Gasteiger partial charge in [0, 0.05) is 6.54 Å². The number of aliphatic hydroxyl groups is 1. The lowest BCUT2D eigenvalue weighted by Crippen LogP contribution is -2.09. The van der Waals surface area contributed by atoms with Crippen LogP contribution in [0.2, 0.25) is 0 Å². The van der Waals surface area contributed by atoms with Gasteiger partial charge in [0.1, 0.15) is 6.10 Å². The summed E-state index contributed by atoms with van der Waals surface area (Å²) >= 11 is 6.86. The smallest absolute Gasteiger partial charge is 0.231 e. The molecule has 0 saturated heterocycles. The summed E-state index contributed by atoms with van der Waals surface area (Å²) in [5, 5.41) is 14.8. The Morgan fingerprint density at radius 3 is 2.90 bits per heavy atom. The Morgan fingerprint density at radius 1 is 1.35 bits per heavy atom. The highest BCUT2D eigenvalue weighted by molar-refractivity contribution is 9.10. The zero-order chi connectivity index (χ0) is 14.3. The van der Waals surface area contributed by atoms with Gasteiger partial charge in [-0.25, -0.2) is 0 Å². The van der Waals surface area contributed by atoms with Crippen molar-refractivity contribution in [2.45, 2.75) is 19.6 Å². The quantitative estimate of drug-likeness (QED) is 0.854. The monoisotopic (exact) mass is 402 g/mol. The third-order valence-electron chi connectivity index (χ3n) is 3.16. The number of benzene rings is 1. The predicted molar refractivity (Wildman–Crippen MR) is 79.9 cm³/mol. The Morgan fingerprint density at radius 2 is 2.15 bits per heavy atom. The number of ether oxygens (including phenoxy) is 2. The summed E-state index contributed by atoms with van der Waals surface area (Å²) in [7, 11) is 0. The fourth-order valence-corrected chi connectivity index (χ4v) is 3.29. The van der Waals surface area contributed by atoms with Crippen LogP contribution in [0.4, 0.5) is 0 Å². The molecule has 7 heteroatoms. The van der Waals surface area contributed by atoms with Crippen molar-refractivity contribution in [3.8, 4) is 11.5 Å². The van der Waals surface area contributed by atoms with Crippen LogP contribution in [0.3, 0.4) is 0 Å². The van der Waals surface area contributed by atoms with Gasteiger partial charge in [-0.3, -0.25) is 4.68 Å². The second-order valence-corrected chi connectivity index (χ2v) is 6.04. The molecular weight excluding hydrogens is 392 g/mol. The summed E-state index contributed by atoms with van der Waals surface area (Å²) in [4.78, 5) is 0. The number of hydrogen-bond donors (Lipinski definition) is 1. The number of aryl methyl sites for hydroxylation is 1. The van der Waals surface area contributed by atoms with Gasteiger partial charge in [-0.2, -0.15) is 5.10 Å². The van der Waals surface area contributed by atoms with Gasteiger partial charge in [-0.15, -0.1) is 0 Å². The topological polar surface area (TPSA) is 56.5 Å². The van der Waals surface area contributed by atoms with E-state index in [2.05, 4.69) is 37.0 Å². The summed E-state index contributed by atoms with van der Waals surface area (Å²) in [5.74, 6) is 1.30. The molecule has 106 valence electrons. The van der Waals surface area contributed by atoms with Gasteiger partial charge in [0.15, 0.2) is 11.5 Å². The van der Waals surface area contributed by atoms with Crippen LogP contribution in [0.15, 0.2) is 27.3 Å². The Labute approximate surface area is 132 Å². The van der Waals surface area contributed by atoms with E-state index in [1.54, 1.807) is 16.9 Å². The molecule has 20 heavy (non-hydrogen) atoms. The minimum atomic E-state index is -0.794. The molecule has 1 atom stereocenters. The Balaban J connectivity index is 2.05. The molecule has 0 aliphatic carbocycles. The molecule has 1 aliphatic heterocycles. The van der Waals surface area contributed by atoms with E-state index in [0.29, 0.717) is 18.0 Å². The second-order valence-electron chi connectivity index (χ2n) is 4.33. The Hall–Kier alpha value is -1.05. The fraction of sp³-hybridized carbons (Fsp3) is 0.308. The third-order valence-corrected chi connectivity index (χ3v) is 4.36. The average Bonchev–Trinajstić information content (AvgIpc) is 3.04. The molecule has 0 radical (unpaired) electrons. The van der Waals surface area contributed by atoms with Crippen molar-refractivity contribution < 1.29 is 14.6 Å². The number of nitrogens with zero attached hydrogens (tertiary/aromatic N) is 2. The molecule has 1 N–H and O–H groups in total. The largest absolute Gasteiger partial charge is 0.454 e. The minimum Gasteiger partial charge on any atom is -0.454 e. The summed E-state index contributed by atoms with van der Waals surface area (Å²) in [6, 6.07) is 3.62. The van der Waals surface area contributed by atoms with Crippen LogP contribution in [0.5, 0.6) is 11.5 Å². The number of aromatic nitrogens is 2. The molecule has 0 fully saturated rings. The lowest BCUT2D eigenvalue weighted by molar-refractivity contribution is 0.173. The van der Waals surface area contributed by atoms with Crippen LogP contribution in [0.1, 0.15) is 24.3 Å². The maximum atomic E-state index is 10.6. The van der Waals surface area contributed by atoms with Crippen molar-refractivity contribution in [3.63, 3.8) is 0 Å². The number of rotatable bonds is 3. The first-order valence-corrected chi connectivity index (χ1v) is 7.68. The second kappa shape index (κ2) is 5.38. The first kappa shape index (κ1) is 13.9. The molecule has 0 saturated carbocycles. The van der Waals surface area contributed by atoms with E-state index < -0.39 is 6.10 Å². The van der Waals surface area contributed by atoms with E-state index >= 15 is 0 Å². The van der Waals surface area contributed by atoms with E-state index in [1.165, 1.54) is 0 Å². The number of aliphatic hydroxyl groups excluding tert-OH is 1. The average molecular weight is 404 g/mol. The summed E-state index contributed by atoms with van der Waals surface area (Å²) in [6.07, 6.45) is 0.891. The summed E-state index contributed by atoms with van der Waals surface area (Å²) in [6.45, 7) is 2.86. The first-order chi connectivity index (χ1) is 9.61. The maximum Gasteiger partial charge on any atom is 0.231 e. The Bertz CT molecular complexity index is 657. The molecule has 1 aromatic carbocycles. The minimum absolute atomic E-state index is 0.198. The van der Waals surface area contributed by atoms with Crippen molar-refractivity contribution in [3.05, 3.63) is 38.5 Å². The third kappa shape index (κ3) is 2.23. The van der Waals surface area contributed by atoms with Gasteiger partial charge >= 0.3 is 0 Å². The van der Waals surface area contributed by atoms with Crippen LogP contribution in [0.25, 0.3) is 0 Å². The van der Waals surface area contributed by atoms with Crippen LogP contribution in [-0.2, 0) is 6.54 Å². The van der Waals surface area contributed by atoms with E-state index in [-0.39, 0.29) is 6.79 Å². The van der Waals surface area contributed by atoms with E-state index in [1.807, 2.05) is 13.0 Å². The molecule has 2 aromatic rings. The summed E-state index contributed by atoms with van der Waals surface area (Å²) < 4.78 is 14.0. The van der Waals surface area contributed by atoms with E-state index in [4.69, 9.17) is 9.47 Å². The molecule has 0 spiro atoms. The van der Waals surface area contributed by atoms with Gasteiger partial charge in [0.25, 0.3) is 0 Å². The highest BCUT2D eigenvalue weighted by atomic mass is 79.9. The standard InChI is InChI=1S/C13H12Br2N2O3/c1-2-17-11(9(15)5-16-17)12(18)7-3-8(14)13-10(4-7)19-6-20-13/h3-5,12,18H,2,6H2,1H3. The van der Waals surface area contributed by atoms with E-state index in [0.717, 1.165) is 20.2 Å². The zero-order valence-electron chi connectivity index (χ0n) is 10.6. The normalized spacial score (nSPS) is 14.6. The highest BCUT2D eigenvalue weighted by Crippen LogP contribution is 2.42. The van der Waals surface area contributed by atoms with Crippen molar-refractivity contribution in [2.24, 2.45) is 0 Å². The molecule has 0 bridgehead atoms. The molecule has 2 heterocycles. The molecular formula is C13H12Br2N2O3. The van der Waals surface area contributed by atoms with E-state index in [9.17, 15) is 5.11 Å². The number of fused-ring (bicyclic) bond motifs is 1. The van der Waals surface area contributed by atoms with Gasteiger partial charge in [0.2, 0.25) is 6.79 Å². The van der Waals surface area contributed by atoms with Crippen LogP contribution in [-0.4, -0.2) is 21.7 Å². The molecule has 1 aromatic heterocycles. The van der Waals surface area contributed by atoms with Crippen molar-refractivity contribution in [1.82, 2.24) is 9.78 Å². The number of halogens is 2. The molecule has 0 amide bonds. The van der Waals surface area contributed by atoms with Crippen LogP contribution < -0.4 is 9.47 Å². The SMILES string of the molecule is CCn1ncc(Br)c1C(O)c1cc(Br)c2c(c1)OCO2. The van der Waals surface area contributed by atoms with Crippen LogP contribution >= 0.6 is 31.9 Å². The lowest BCUT2D eigenvalue weighted by atomic mass is 10.1. The molecule has 5 nitrogen and oxygen atoms in total. The predicted octanol–water partition coefficient (Wildman–Crippen LogP) is 3.24. The molecule has 3 rings (SSSR count). The molecule has 1 aliphatic rings. The van der Waals surface area contributed by atoms with Crippen molar-refractivity contribution in [2.75, 3.05) is 6.79 Å². The van der Waals surface area contributed by atoms with Crippen molar-refractivity contribution >= 4 is 31.9 Å². The maximum absolute atomic E-state index is 10.6.